The van der Waals surface area contributed by atoms with Crippen molar-refractivity contribution < 1.29 is 8.42 Å². The van der Waals surface area contributed by atoms with Gasteiger partial charge in [-0.3, -0.25) is 0 Å². The molecule has 0 aromatic carbocycles. The Morgan fingerprint density at radius 1 is 1.06 bits per heavy atom. The highest BCUT2D eigenvalue weighted by Gasteiger charge is 2.37. The molecule has 2 aliphatic carbocycles. The Morgan fingerprint density at radius 3 is 2.11 bits per heavy atom. The van der Waals surface area contributed by atoms with E-state index in [2.05, 4.69) is 5.32 Å². The van der Waals surface area contributed by atoms with E-state index in [1.807, 2.05) is 6.92 Å². The summed E-state index contributed by atoms with van der Waals surface area (Å²) in [6, 6.07) is 0.662. The zero-order chi connectivity index (χ0) is 13.2. The van der Waals surface area contributed by atoms with Gasteiger partial charge in [-0.25, -0.2) is 8.42 Å². The predicted octanol–water partition coefficient (Wildman–Crippen LogP) is 2.37. The smallest absolute Gasteiger partial charge is 0.148 e. The van der Waals surface area contributed by atoms with E-state index in [1.54, 1.807) is 0 Å². The first-order valence-corrected chi connectivity index (χ1v) is 9.45. The molecule has 2 aliphatic rings. The van der Waals surface area contributed by atoms with E-state index in [1.165, 1.54) is 51.2 Å². The molecule has 0 aromatic rings. The Kier molecular flexibility index (Phi) is 4.70. The van der Waals surface area contributed by atoms with Crippen molar-refractivity contribution in [2.75, 3.05) is 12.0 Å². The van der Waals surface area contributed by atoms with E-state index in [9.17, 15) is 8.42 Å². The second-order valence-corrected chi connectivity index (χ2v) is 8.61. The van der Waals surface area contributed by atoms with Crippen molar-refractivity contribution in [3.8, 4) is 0 Å². The second-order valence-electron chi connectivity index (χ2n) is 6.42. The van der Waals surface area contributed by atoms with Crippen molar-refractivity contribution in [3.05, 3.63) is 0 Å². The fourth-order valence-corrected chi connectivity index (χ4v) is 4.44. The molecule has 3 nitrogen and oxygen atoms in total. The van der Waals surface area contributed by atoms with Gasteiger partial charge in [-0.05, 0) is 44.4 Å². The minimum absolute atomic E-state index is 0.0903. The van der Waals surface area contributed by atoms with Crippen LogP contribution in [-0.4, -0.2) is 32.5 Å². The van der Waals surface area contributed by atoms with Crippen LogP contribution in [0.5, 0.6) is 0 Å². The van der Waals surface area contributed by atoms with Crippen molar-refractivity contribution in [2.24, 2.45) is 11.8 Å². The molecule has 0 spiro atoms. The van der Waals surface area contributed by atoms with Gasteiger partial charge in [-0.15, -0.1) is 0 Å². The lowest BCUT2D eigenvalue weighted by Crippen LogP contribution is -2.46. The van der Waals surface area contributed by atoms with Crippen LogP contribution in [-0.2, 0) is 9.84 Å². The van der Waals surface area contributed by atoms with E-state index in [0.717, 1.165) is 11.8 Å². The summed E-state index contributed by atoms with van der Waals surface area (Å²) in [5, 5.41) is 3.63. The molecule has 0 saturated heterocycles. The predicted molar refractivity (Wildman–Crippen MR) is 75.4 cm³/mol. The van der Waals surface area contributed by atoms with Crippen molar-refractivity contribution in [1.29, 1.82) is 0 Å². The standard InChI is InChI=1S/C14H27NO2S/c1-11(10-18(2,16)17)15-14(13-8-9-13)12-6-4-3-5-7-12/h11-15H,3-10H2,1-2H3/t11-,14+/m0/s1. The Labute approximate surface area is 112 Å². The summed E-state index contributed by atoms with van der Waals surface area (Å²) in [6.07, 6.45) is 10.8. The highest BCUT2D eigenvalue weighted by atomic mass is 32.2. The molecule has 2 atom stereocenters. The Balaban J connectivity index is 1.89. The van der Waals surface area contributed by atoms with Gasteiger partial charge in [0, 0.05) is 18.3 Å². The maximum absolute atomic E-state index is 11.3. The van der Waals surface area contributed by atoms with E-state index >= 15 is 0 Å². The van der Waals surface area contributed by atoms with Crippen LogP contribution in [0.15, 0.2) is 0 Å². The molecule has 0 aromatic heterocycles. The fraction of sp³-hybridized carbons (Fsp3) is 1.00. The first-order chi connectivity index (χ1) is 8.46. The summed E-state index contributed by atoms with van der Waals surface area (Å²) in [6.45, 7) is 2.01. The third-order valence-corrected chi connectivity index (χ3v) is 5.42. The van der Waals surface area contributed by atoms with Crippen molar-refractivity contribution in [3.63, 3.8) is 0 Å². The maximum atomic E-state index is 11.3. The molecular weight excluding hydrogens is 246 g/mol. The molecule has 0 unspecified atom stereocenters. The van der Waals surface area contributed by atoms with Gasteiger partial charge < -0.3 is 5.32 Å². The summed E-state index contributed by atoms with van der Waals surface area (Å²) < 4.78 is 22.7. The minimum atomic E-state index is -2.87. The summed E-state index contributed by atoms with van der Waals surface area (Å²) in [5.74, 6) is 1.87. The van der Waals surface area contributed by atoms with E-state index in [4.69, 9.17) is 0 Å². The second kappa shape index (κ2) is 5.91. The van der Waals surface area contributed by atoms with Crippen molar-refractivity contribution in [2.45, 2.75) is 64.0 Å². The van der Waals surface area contributed by atoms with Crippen molar-refractivity contribution >= 4 is 9.84 Å². The average Bonchev–Trinajstić information content (AvgIpc) is 3.08. The van der Waals surface area contributed by atoms with Gasteiger partial charge in [0.1, 0.15) is 9.84 Å². The molecule has 0 bridgehead atoms. The highest BCUT2D eigenvalue weighted by Crippen LogP contribution is 2.40. The van der Waals surface area contributed by atoms with E-state index < -0.39 is 9.84 Å². The first kappa shape index (κ1) is 14.3. The van der Waals surface area contributed by atoms with Crippen LogP contribution in [0.25, 0.3) is 0 Å². The molecule has 0 amide bonds. The molecule has 2 saturated carbocycles. The Hall–Kier alpha value is -0.0900. The molecule has 18 heavy (non-hydrogen) atoms. The van der Waals surface area contributed by atoms with Gasteiger partial charge in [0.15, 0.2) is 0 Å². The van der Waals surface area contributed by atoms with Gasteiger partial charge in [0.25, 0.3) is 0 Å². The van der Waals surface area contributed by atoms with Gasteiger partial charge in [-0.2, -0.15) is 0 Å². The third-order valence-electron chi connectivity index (χ3n) is 4.32. The van der Waals surface area contributed by atoms with Crippen LogP contribution in [0.3, 0.4) is 0 Å². The summed E-state index contributed by atoms with van der Waals surface area (Å²) in [5.41, 5.74) is 0. The Bertz CT molecular complexity index is 356. The largest absolute Gasteiger partial charge is 0.310 e. The average molecular weight is 273 g/mol. The summed E-state index contributed by atoms with van der Waals surface area (Å²) in [4.78, 5) is 0. The number of sulfone groups is 1. The molecule has 0 heterocycles. The summed E-state index contributed by atoms with van der Waals surface area (Å²) in [7, 11) is -2.87. The molecule has 2 fully saturated rings. The molecule has 0 radical (unpaired) electrons. The van der Waals surface area contributed by atoms with Crippen LogP contribution in [0.1, 0.15) is 51.9 Å². The number of rotatable bonds is 6. The lowest BCUT2D eigenvalue weighted by molar-refractivity contribution is 0.237. The SMILES string of the molecule is C[C@@H](CS(C)(=O)=O)N[C@H](C1CCCCC1)C1CC1. The molecular formula is C14H27NO2S. The monoisotopic (exact) mass is 273 g/mol. The summed E-state index contributed by atoms with van der Waals surface area (Å²) >= 11 is 0. The topological polar surface area (TPSA) is 46.2 Å². The normalized spacial score (nSPS) is 25.9. The lowest BCUT2D eigenvalue weighted by Gasteiger charge is -2.33. The van der Waals surface area contributed by atoms with Crippen LogP contribution in [0.4, 0.5) is 0 Å². The minimum Gasteiger partial charge on any atom is -0.310 e. The number of nitrogens with one attached hydrogen (secondary N) is 1. The molecule has 106 valence electrons. The Morgan fingerprint density at radius 2 is 1.61 bits per heavy atom. The van der Waals surface area contributed by atoms with E-state index in [-0.39, 0.29) is 11.8 Å². The quantitative estimate of drug-likeness (QED) is 0.808. The zero-order valence-corrected chi connectivity index (χ0v) is 12.5. The van der Waals surface area contributed by atoms with Crippen LogP contribution in [0.2, 0.25) is 0 Å². The van der Waals surface area contributed by atoms with Crippen LogP contribution in [0, 0.1) is 11.8 Å². The van der Waals surface area contributed by atoms with Gasteiger partial charge >= 0.3 is 0 Å². The number of hydrogen-bond donors (Lipinski definition) is 1. The lowest BCUT2D eigenvalue weighted by atomic mass is 9.82. The van der Waals surface area contributed by atoms with E-state index in [0.29, 0.717) is 6.04 Å². The first-order valence-electron chi connectivity index (χ1n) is 7.39. The third kappa shape index (κ3) is 4.54. The molecule has 4 heteroatoms. The molecule has 2 rings (SSSR count). The number of hydrogen-bond acceptors (Lipinski definition) is 3. The van der Waals surface area contributed by atoms with Gasteiger partial charge in [0.2, 0.25) is 0 Å². The molecule has 1 N–H and O–H groups in total. The van der Waals surface area contributed by atoms with Gasteiger partial charge in [0.05, 0.1) is 5.75 Å². The van der Waals surface area contributed by atoms with Gasteiger partial charge in [-0.1, -0.05) is 19.3 Å². The maximum Gasteiger partial charge on any atom is 0.148 e. The fourth-order valence-electron chi connectivity index (χ4n) is 3.44. The highest BCUT2D eigenvalue weighted by molar-refractivity contribution is 7.90. The van der Waals surface area contributed by atoms with Crippen molar-refractivity contribution in [1.82, 2.24) is 5.32 Å². The van der Waals surface area contributed by atoms with Crippen LogP contribution >= 0.6 is 0 Å². The zero-order valence-electron chi connectivity index (χ0n) is 11.7. The molecule has 0 aliphatic heterocycles. The van der Waals surface area contributed by atoms with Crippen LogP contribution < -0.4 is 5.32 Å².